The van der Waals surface area contributed by atoms with Gasteiger partial charge >= 0.3 is 5.97 Å². The highest BCUT2D eigenvalue weighted by Crippen LogP contribution is 2.48. The first-order valence-electron chi connectivity index (χ1n) is 11.1. The Balaban J connectivity index is 1.71. The molecule has 2 nitrogen and oxygen atoms in total. The van der Waals surface area contributed by atoms with Crippen molar-refractivity contribution in [2.75, 3.05) is 0 Å². The first kappa shape index (κ1) is 21.3. The molecule has 2 fully saturated rings. The molecule has 2 aliphatic rings. The lowest BCUT2D eigenvalue weighted by Crippen LogP contribution is -2.28. The van der Waals surface area contributed by atoms with Gasteiger partial charge in [0, 0.05) is 0 Å². The summed E-state index contributed by atoms with van der Waals surface area (Å²) in [4.78, 5) is 10.8. The minimum Gasteiger partial charge on any atom is -0.481 e. The van der Waals surface area contributed by atoms with Gasteiger partial charge in [0.2, 0.25) is 0 Å². The molecule has 0 aromatic carbocycles. The van der Waals surface area contributed by atoms with Crippen LogP contribution < -0.4 is 0 Å². The molecule has 0 saturated heterocycles. The molecule has 0 radical (unpaired) electrons. The van der Waals surface area contributed by atoms with Gasteiger partial charge in [-0.3, -0.25) is 4.79 Å². The van der Waals surface area contributed by atoms with Crippen LogP contribution in [-0.2, 0) is 4.79 Å². The van der Waals surface area contributed by atoms with Gasteiger partial charge in [0.15, 0.2) is 0 Å². The highest BCUT2D eigenvalue weighted by molar-refractivity contribution is 5.69. The molecular formula is C24H40O2. The molecule has 0 bridgehead atoms. The van der Waals surface area contributed by atoms with Crippen molar-refractivity contribution in [3.8, 4) is 0 Å². The van der Waals surface area contributed by atoms with Gasteiger partial charge in [0.05, 0.1) is 5.92 Å². The largest absolute Gasteiger partial charge is 0.481 e. The van der Waals surface area contributed by atoms with Crippen LogP contribution in [0.2, 0.25) is 0 Å². The summed E-state index contributed by atoms with van der Waals surface area (Å²) in [5, 5.41) is 8.92. The minimum absolute atomic E-state index is 0.228. The Bertz CT molecular complexity index is 473. The summed E-state index contributed by atoms with van der Waals surface area (Å²) in [7, 11) is 0. The summed E-state index contributed by atoms with van der Waals surface area (Å²) in [5.74, 6) is 0.657. The van der Waals surface area contributed by atoms with Crippen LogP contribution in [0.15, 0.2) is 24.3 Å². The second kappa shape index (κ2) is 10.9. The van der Waals surface area contributed by atoms with Crippen LogP contribution in [0.1, 0.15) is 97.3 Å². The third-order valence-electron chi connectivity index (χ3n) is 6.92. The average Bonchev–Trinajstić information content (AvgIpc) is 3.03. The molecule has 2 saturated carbocycles. The van der Waals surface area contributed by atoms with E-state index in [0.717, 1.165) is 31.1 Å². The van der Waals surface area contributed by atoms with E-state index in [2.05, 4.69) is 31.2 Å². The Hall–Kier alpha value is -1.05. The highest BCUT2D eigenvalue weighted by Gasteiger charge is 2.35. The number of hydrogen-bond acceptors (Lipinski definition) is 1. The summed E-state index contributed by atoms with van der Waals surface area (Å²) >= 11 is 0. The van der Waals surface area contributed by atoms with Crippen LogP contribution in [0.25, 0.3) is 0 Å². The molecule has 0 amide bonds. The van der Waals surface area contributed by atoms with Crippen molar-refractivity contribution < 1.29 is 9.90 Å². The zero-order valence-electron chi connectivity index (χ0n) is 17.1. The van der Waals surface area contributed by atoms with E-state index in [1.165, 1.54) is 64.2 Å². The van der Waals surface area contributed by atoms with Gasteiger partial charge in [-0.1, -0.05) is 63.8 Å². The molecule has 1 unspecified atom stereocenters. The van der Waals surface area contributed by atoms with E-state index in [1.807, 2.05) is 0 Å². The molecular weight excluding hydrogens is 320 g/mol. The second-order valence-corrected chi connectivity index (χ2v) is 8.97. The normalized spacial score (nSPS) is 26.4. The summed E-state index contributed by atoms with van der Waals surface area (Å²) in [6, 6.07) is 0. The van der Waals surface area contributed by atoms with Crippen LogP contribution in [-0.4, -0.2) is 11.1 Å². The lowest BCUT2D eigenvalue weighted by atomic mass is 9.64. The molecule has 3 atom stereocenters. The maximum Gasteiger partial charge on any atom is 0.306 e. The van der Waals surface area contributed by atoms with Crippen molar-refractivity contribution in [1.82, 2.24) is 0 Å². The standard InChI is InChI=1S/C24H40O2/c1-3-4-16-24(18-10-19-24)17-9-15-22-14-8-13-21(22)12-7-5-6-11-20(2)23(25)26/h5,7,9,15,20-22H,3-4,6,8,10-14,16-19H2,1-2H3,(H,25,26)/t20?,21-,22+/m0/s1. The molecule has 0 aliphatic heterocycles. The van der Waals surface area contributed by atoms with Crippen LogP contribution in [0.5, 0.6) is 0 Å². The molecule has 2 heteroatoms. The quantitative estimate of drug-likeness (QED) is 0.375. The van der Waals surface area contributed by atoms with Crippen LogP contribution in [0.4, 0.5) is 0 Å². The van der Waals surface area contributed by atoms with E-state index >= 15 is 0 Å². The first-order chi connectivity index (χ1) is 12.6. The molecule has 148 valence electrons. The summed E-state index contributed by atoms with van der Waals surface area (Å²) in [5.41, 5.74) is 0.654. The highest BCUT2D eigenvalue weighted by atomic mass is 16.4. The summed E-state index contributed by atoms with van der Waals surface area (Å²) in [6.07, 6.45) is 26.2. The fourth-order valence-electron chi connectivity index (χ4n) is 4.75. The lowest BCUT2D eigenvalue weighted by Gasteiger charge is -2.41. The minimum atomic E-state index is -0.678. The van der Waals surface area contributed by atoms with Crippen molar-refractivity contribution in [2.24, 2.45) is 23.2 Å². The van der Waals surface area contributed by atoms with Gasteiger partial charge in [-0.2, -0.15) is 0 Å². The van der Waals surface area contributed by atoms with Crippen molar-refractivity contribution in [2.45, 2.75) is 97.3 Å². The Morgan fingerprint density at radius 2 is 2.00 bits per heavy atom. The molecule has 2 aliphatic carbocycles. The van der Waals surface area contributed by atoms with Crippen LogP contribution in [0, 0.1) is 23.2 Å². The van der Waals surface area contributed by atoms with E-state index in [0.29, 0.717) is 5.41 Å². The number of hydrogen-bond donors (Lipinski definition) is 1. The average molecular weight is 361 g/mol. The van der Waals surface area contributed by atoms with E-state index in [4.69, 9.17) is 5.11 Å². The fourth-order valence-corrected chi connectivity index (χ4v) is 4.75. The first-order valence-corrected chi connectivity index (χ1v) is 11.1. The van der Waals surface area contributed by atoms with Gasteiger partial charge in [0.25, 0.3) is 0 Å². The molecule has 0 aromatic heterocycles. The zero-order valence-corrected chi connectivity index (χ0v) is 17.1. The number of aliphatic carboxylic acids is 1. The number of carboxylic acid groups (broad SMARTS) is 1. The van der Waals surface area contributed by atoms with Crippen LogP contribution in [0.3, 0.4) is 0 Å². The third kappa shape index (κ3) is 6.59. The SMILES string of the molecule is CCCCC1(CC=C[C@H]2CCC[C@@H]2CC=CCCC(C)C(=O)O)CCC1. The Morgan fingerprint density at radius 3 is 2.65 bits per heavy atom. The van der Waals surface area contributed by atoms with Gasteiger partial charge < -0.3 is 5.11 Å². The van der Waals surface area contributed by atoms with Gasteiger partial charge in [-0.15, -0.1) is 0 Å². The number of rotatable bonds is 12. The number of carbonyl (C=O) groups is 1. The summed E-state index contributed by atoms with van der Waals surface area (Å²) in [6.45, 7) is 4.10. The maximum absolute atomic E-state index is 10.8. The monoisotopic (exact) mass is 360 g/mol. The maximum atomic E-state index is 10.8. The van der Waals surface area contributed by atoms with E-state index in [9.17, 15) is 4.79 Å². The number of allylic oxidation sites excluding steroid dienone is 4. The van der Waals surface area contributed by atoms with Crippen LogP contribution >= 0.6 is 0 Å². The van der Waals surface area contributed by atoms with Gasteiger partial charge in [-0.05, 0) is 75.0 Å². The molecule has 2 rings (SSSR count). The fraction of sp³-hybridized carbons (Fsp3) is 0.792. The van der Waals surface area contributed by atoms with E-state index < -0.39 is 5.97 Å². The van der Waals surface area contributed by atoms with E-state index in [-0.39, 0.29) is 5.92 Å². The molecule has 0 spiro atoms. The second-order valence-electron chi connectivity index (χ2n) is 8.97. The van der Waals surface area contributed by atoms with Gasteiger partial charge in [0.1, 0.15) is 0 Å². The van der Waals surface area contributed by atoms with Gasteiger partial charge in [-0.25, -0.2) is 0 Å². The Kier molecular flexibility index (Phi) is 8.95. The smallest absolute Gasteiger partial charge is 0.306 e. The van der Waals surface area contributed by atoms with Crippen molar-refractivity contribution in [3.63, 3.8) is 0 Å². The number of carboxylic acids is 1. The topological polar surface area (TPSA) is 37.3 Å². The Morgan fingerprint density at radius 1 is 1.19 bits per heavy atom. The predicted octanol–water partition coefficient (Wildman–Crippen LogP) is 7.16. The lowest BCUT2D eigenvalue weighted by molar-refractivity contribution is -0.141. The van der Waals surface area contributed by atoms with Crippen molar-refractivity contribution in [3.05, 3.63) is 24.3 Å². The zero-order chi connectivity index (χ0) is 18.8. The van der Waals surface area contributed by atoms with Crippen molar-refractivity contribution in [1.29, 1.82) is 0 Å². The number of unbranched alkanes of at least 4 members (excludes halogenated alkanes) is 1. The molecule has 0 aromatic rings. The Labute approximate surface area is 161 Å². The van der Waals surface area contributed by atoms with E-state index in [1.54, 1.807) is 6.92 Å². The van der Waals surface area contributed by atoms with Crippen molar-refractivity contribution >= 4 is 5.97 Å². The molecule has 26 heavy (non-hydrogen) atoms. The predicted molar refractivity (Wildman–Crippen MR) is 110 cm³/mol. The molecule has 0 heterocycles. The molecule has 1 N–H and O–H groups in total. The summed E-state index contributed by atoms with van der Waals surface area (Å²) < 4.78 is 0. The third-order valence-corrected chi connectivity index (χ3v) is 6.92.